The molecule has 6 nitrogen and oxygen atoms in total. The van der Waals surface area contributed by atoms with Gasteiger partial charge in [-0.1, -0.05) is 15.9 Å². The lowest BCUT2D eigenvalue weighted by atomic mass is 10.1. The third kappa shape index (κ3) is 4.10. The third-order valence-electron chi connectivity index (χ3n) is 3.20. The SMILES string of the molecule is CCOC(=O)NNC(=O)c1ccc(Br)cc1N1CCCC1. The molecule has 1 heterocycles. The highest BCUT2D eigenvalue weighted by molar-refractivity contribution is 9.10. The molecule has 1 fully saturated rings. The van der Waals surface area contributed by atoms with Gasteiger partial charge in [0.05, 0.1) is 17.9 Å². The number of nitrogens with zero attached hydrogens (tertiary/aromatic N) is 1. The Morgan fingerprint density at radius 2 is 2.00 bits per heavy atom. The van der Waals surface area contributed by atoms with E-state index in [-0.39, 0.29) is 12.5 Å². The molecule has 0 atom stereocenters. The Balaban J connectivity index is 2.10. The van der Waals surface area contributed by atoms with Gasteiger partial charge in [0.25, 0.3) is 5.91 Å². The summed E-state index contributed by atoms with van der Waals surface area (Å²) < 4.78 is 5.61. The summed E-state index contributed by atoms with van der Waals surface area (Å²) in [5, 5.41) is 0. The highest BCUT2D eigenvalue weighted by atomic mass is 79.9. The highest BCUT2D eigenvalue weighted by Crippen LogP contribution is 2.28. The Morgan fingerprint density at radius 1 is 1.29 bits per heavy atom. The molecule has 0 unspecified atom stereocenters. The fraction of sp³-hybridized carbons (Fsp3) is 0.429. The van der Waals surface area contributed by atoms with Crippen LogP contribution >= 0.6 is 15.9 Å². The summed E-state index contributed by atoms with van der Waals surface area (Å²) in [6.45, 7) is 3.81. The summed E-state index contributed by atoms with van der Waals surface area (Å²) in [5.74, 6) is -0.363. The number of anilines is 1. The monoisotopic (exact) mass is 355 g/mol. The molecule has 7 heteroatoms. The number of ether oxygens (including phenoxy) is 1. The van der Waals surface area contributed by atoms with E-state index in [4.69, 9.17) is 4.74 Å². The largest absolute Gasteiger partial charge is 0.449 e. The summed E-state index contributed by atoms with van der Waals surface area (Å²) in [6, 6.07) is 5.46. The lowest BCUT2D eigenvalue weighted by Crippen LogP contribution is -2.42. The number of halogens is 1. The Bertz CT molecular complexity index is 530. The van der Waals surface area contributed by atoms with Crippen molar-refractivity contribution >= 4 is 33.6 Å². The average molecular weight is 356 g/mol. The van der Waals surface area contributed by atoms with Crippen LogP contribution in [-0.4, -0.2) is 31.7 Å². The lowest BCUT2D eigenvalue weighted by molar-refractivity contribution is 0.0913. The molecule has 1 aliphatic rings. The van der Waals surface area contributed by atoms with Crippen LogP contribution in [0, 0.1) is 0 Å². The van der Waals surface area contributed by atoms with Gasteiger partial charge in [-0.25, -0.2) is 10.2 Å². The Morgan fingerprint density at radius 3 is 2.67 bits per heavy atom. The van der Waals surface area contributed by atoms with Gasteiger partial charge in [0, 0.05) is 17.6 Å². The summed E-state index contributed by atoms with van der Waals surface area (Å²) in [5.41, 5.74) is 5.98. The van der Waals surface area contributed by atoms with E-state index in [9.17, 15) is 9.59 Å². The molecule has 2 amide bonds. The quantitative estimate of drug-likeness (QED) is 0.817. The van der Waals surface area contributed by atoms with Gasteiger partial charge in [0.15, 0.2) is 0 Å². The third-order valence-corrected chi connectivity index (χ3v) is 3.70. The van der Waals surface area contributed by atoms with Crippen molar-refractivity contribution in [1.82, 2.24) is 10.9 Å². The van der Waals surface area contributed by atoms with Gasteiger partial charge >= 0.3 is 6.09 Å². The van der Waals surface area contributed by atoms with E-state index in [2.05, 4.69) is 31.7 Å². The summed E-state index contributed by atoms with van der Waals surface area (Å²) in [6.07, 6.45) is 1.56. The number of carbonyl (C=O) groups excluding carboxylic acids is 2. The zero-order chi connectivity index (χ0) is 15.2. The van der Waals surface area contributed by atoms with Crippen LogP contribution in [0.3, 0.4) is 0 Å². The van der Waals surface area contributed by atoms with Crippen molar-refractivity contribution in [2.24, 2.45) is 0 Å². The maximum atomic E-state index is 12.2. The van der Waals surface area contributed by atoms with E-state index in [1.165, 1.54) is 0 Å². The van der Waals surface area contributed by atoms with Gasteiger partial charge in [0.2, 0.25) is 0 Å². The van der Waals surface area contributed by atoms with Crippen molar-refractivity contribution in [2.45, 2.75) is 19.8 Å². The minimum atomic E-state index is -0.675. The van der Waals surface area contributed by atoms with Gasteiger partial charge in [-0.15, -0.1) is 0 Å². The van der Waals surface area contributed by atoms with Crippen LogP contribution in [0.25, 0.3) is 0 Å². The van der Waals surface area contributed by atoms with E-state index < -0.39 is 6.09 Å². The van der Waals surface area contributed by atoms with Crippen LogP contribution in [-0.2, 0) is 4.74 Å². The molecule has 0 aliphatic carbocycles. The predicted molar refractivity (Wildman–Crippen MR) is 83.2 cm³/mol. The second kappa shape index (κ2) is 7.31. The first kappa shape index (κ1) is 15.6. The molecular formula is C14H18BrN3O3. The highest BCUT2D eigenvalue weighted by Gasteiger charge is 2.20. The molecule has 2 N–H and O–H groups in total. The average Bonchev–Trinajstić information content (AvgIpc) is 2.99. The number of rotatable bonds is 3. The standard InChI is InChI=1S/C14H18BrN3O3/c1-2-21-14(20)17-16-13(19)11-6-5-10(15)9-12(11)18-7-3-4-8-18/h5-6,9H,2-4,7-8H2,1H3,(H,16,19)(H,17,20). The molecule has 1 aliphatic heterocycles. The summed E-state index contributed by atoms with van der Waals surface area (Å²) >= 11 is 3.43. The normalized spacial score (nSPS) is 13.9. The zero-order valence-electron chi connectivity index (χ0n) is 11.8. The number of carbonyl (C=O) groups is 2. The molecule has 21 heavy (non-hydrogen) atoms. The van der Waals surface area contributed by atoms with Gasteiger partial charge in [-0.2, -0.15) is 0 Å². The van der Waals surface area contributed by atoms with Gasteiger partial charge in [0.1, 0.15) is 0 Å². The van der Waals surface area contributed by atoms with Crippen LogP contribution in [0.4, 0.5) is 10.5 Å². The minimum Gasteiger partial charge on any atom is -0.449 e. The maximum Gasteiger partial charge on any atom is 0.426 e. The predicted octanol–water partition coefficient (Wildman–Crippen LogP) is 2.44. The van der Waals surface area contributed by atoms with Crippen LogP contribution in [0.5, 0.6) is 0 Å². The minimum absolute atomic E-state index is 0.249. The molecule has 0 saturated carbocycles. The number of nitrogens with one attached hydrogen (secondary N) is 2. The number of benzene rings is 1. The van der Waals surface area contributed by atoms with Crippen molar-refractivity contribution < 1.29 is 14.3 Å². The fourth-order valence-electron chi connectivity index (χ4n) is 2.26. The second-order valence-electron chi connectivity index (χ2n) is 4.66. The Kier molecular flexibility index (Phi) is 5.44. The van der Waals surface area contributed by atoms with Crippen LogP contribution in [0.1, 0.15) is 30.1 Å². The van der Waals surface area contributed by atoms with E-state index in [0.29, 0.717) is 5.56 Å². The van der Waals surface area contributed by atoms with Crippen LogP contribution in [0.15, 0.2) is 22.7 Å². The second-order valence-corrected chi connectivity index (χ2v) is 5.57. The Hall–Kier alpha value is -1.76. The Labute approximate surface area is 131 Å². The number of hydrazine groups is 1. The first-order valence-corrected chi connectivity index (χ1v) is 7.68. The molecular weight excluding hydrogens is 338 g/mol. The molecule has 1 aromatic carbocycles. The van der Waals surface area contributed by atoms with Crippen LogP contribution < -0.4 is 15.8 Å². The first-order valence-electron chi connectivity index (χ1n) is 6.89. The maximum absolute atomic E-state index is 12.2. The van der Waals surface area contributed by atoms with Gasteiger partial charge in [-0.3, -0.25) is 10.2 Å². The summed E-state index contributed by atoms with van der Waals surface area (Å²) in [7, 11) is 0. The van der Waals surface area contributed by atoms with E-state index in [0.717, 1.165) is 36.1 Å². The van der Waals surface area contributed by atoms with Crippen molar-refractivity contribution in [3.05, 3.63) is 28.2 Å². The molecule has 0 bridgehead atoms. The summed E-state index contributed by atoms with van der Waals surface area (Å²) in [4.78, 5) is 25.6. The van der Waals surface area contributed by atoms with Gasteiger partial charge < -0.3 is 9.64 Å². The zero-order valence-corrected chi connectivity index (χ0v) is 13.4. The fourth-order valence-corrected chi connectivity index (χ4v) is 2.61. The van der Waals surface area contributed by atoms with E-state index in [1.54, 1.807) is 19.1 Å². The van der Waals surface area contributed by atoms with E-state index >= 15 is 0 Å². The molecule has 0 spiro atoms. The molecule has 114 valence electrons. The van der Waals surface area contributed by atoms with Gasteiger partial charge in [-0.05, 0) is 38.0 Å². The van der Waals surface area contributed by atoms with Crippen molar-refractivity contribution in [2.75, 3.05) is 24.6 Å². The van der Waals surface area contributed by atoms with Crippen molar-refractivity contribution in [3.8, 4) is 0 Å². The smallest absolute Gasteiger partial charge is 0.426 e. The van der Waals surface area contributed by atoms with Crippen LogP contribution in [0.2, 0.25) is 0 Å². The molecule has 1 aromatic rings. The molecule has 0 radical (unpaired) electrons. The number of amides is 2. The lowest BCUT2D eigenvalue weighted by Gasteiger charge is -2.21. The number of hydrogen-bond acceptors (Lipinski definition) is 4. The molecule has 1 saturated heterocycles. The van der Waals surface area contributed by atoms with E-state index in [1.807, 2.05) is 6.07 Å². The molecule has 2 rings (SSSR count). The topological polar surface area (TPSA) is 70.7 Å². The number of hydrogen-bond donors (Lipinski definition) is 2. The first-order chi connectivity index (χ1) is 10.1. The van der Waals surface area contributed by atoms with Crippen molar-refractivity contribution in [1.29, 1.82) is 0 Å². The molecule has 0 aromatic heterocycles. The van der Waals surface area contributed by atoms with Crippen molar-refractivity contribution in [3.63, 3.8) is 0 Å².